The molecule has 2 aromatic rings. The van der Waals surface area contributed by atoms with Crippen LogP contribution in [0.4, 0.5) is 0 Å². The molecule has 0 aliphatic carbocycles. The van der Waals surface area contributed by atoms with Gasteiger partial charge in [0.2, 0.25) is 0 Å². The zero-order chi connectivity index (χ0) is 19.9. The highest BCUT2D eigenvalue weighted by Crippen LogP contribution is 2.36. The number of Topliss-reactive ketones (excluding diaryl/α,β-unsaturated/α-hetero) is 1. The van der Waals surface area contributed by atoms with Gasteiger partial charge in [0.05, 0.1) is 0 Å². The van der Waals surface area contributed by atoms with E-state index >= 15 is 0 Å². The Hall–Kier alpha value is -2.60. The van der Waals surface area contributed by atoms with E-state index in [1.54, 1.807) is 12.1 Å². The van der Waals surface area contributed by atoms with Crippen LogP contribution >= 0.6 is 0 Å². The number of ether oxygens (including phenoxy) is 1. The van der Waals surface area contributed by atoms with E-state index in [1.807, 2.05) is 43.3 Å². The van der Waals surface area contributed by atoms with Gasteiger partial charge in [0.25, 0.3) is 0 Å². The van der Waals surface area contributed by atoms with Gasteiger partial charge in [0, 0.05) is 18.7 Å². The number of carbonyl (C=O) groups is 2. The molecule has 1 aliphatic rings. The fraction of sp³-hybridized carbons (Fsp3) is 0.364. The molecule has 0 unspecified atom stereocenters. The van der Waals surface area contributed by atoms with E-state index in [1.165, 1.54) is 0 Å². The molecule has 0 saturated heterocycles. The van der Waals surface area contributed by atoms with Crippen LogP contribution in [0.25, 0.3) is 0 Å². The second-order valence-electron chi connectivity index (χ2n) is 7.17. The lowest BCUT2D eigenvalue weighted by molar-refractivity contribution is -0.119. The molecule has 0 radical (unpaired) electrons. The zero-order valence-electron chi connectivity index (χ0n) is 16.1. The minimum absolute atomic E-state index is 0.136. The molecular weight excluding hydrogens is 355 g/mol. The highest BCUT2D eigenvalue weighted by molar-refractivity contribution is 6.47. The van der Waals surface area contributed by atoms with Crippen molar-refractivity contribution in [1.82, 2.24) is 0 Å². The number of benzene rings is 2. The van der Waals surface area contributed by atoms with Crippen LogP contribution in [0.1, 0.15) is 54.1 Å². The van der Waals surface area contributed by atoms with Gasteiger partial charge in [-0.3, -0.25) is 4.79 Å². The predicted molar refractivity (Wildman–Crippen MR) is 107 cm³/mol. The molecule has 1 heterocycles. The fourth-order valence-corrected chi connectivity index (χ4v) is 3.39. The van der Waals surface area contributed by atoms with Gasteiger partial charge in [-0.1, -0.05) is 55.8 Å². The summed E-state index contributed by atoms with van der Waals surface area (Å²) in [5.41, 5.74) is 2.00. The monoisotopic (exact) mass is 380 g/mol. The number of fused-ring (bicyclic) bond motifs is 1. The third-order valence-corrected chi connectivity index (χ3v) is 4.95. The molecule has 28 heavy (non-hydrogen) atoms. The molecule has 5 nitrogen and oxygen atoms in total. The molecule has 0 spiro atoms. The highest BCUT2D eigenvalue weighted by atomic mass is 16.5. The molecule has 6 heteroatoms. The number of carbonyl (C=O) groups excluding carboxylic acids is 2. The summed E-state index contributed by atoms with van der Waals surface area (Å²) >= 11 is 0. The molecule has 0 aromatic heterocycles. The summed E-state index contributed by atoms with van der Waals surface area (Å²) in [4.78, 5) is 24.6. The molecule has 2 aromatic carbocycles. The lowest BCUT2D eigenvalue weighted by Crippen LogP contribution is -2.35. The van der Waals surface area contributed by atoms with Gasteiger partial charge in [-0.25, -0.2) is 4.79 Å². The van der Waals surface area contributed by atoms with E-state index in [-0.39, 0.29) is 24.6 Å². The summed E-state index contributed by atoms with van der Waals surface area (Å²) in [6, 6.07) is 14.7. The van der Waals surface area contributed by atoms with Crippen molar-refractivity contribution in [2.45, 2.75) is 51.5 Å². The van der Waals surface area contributed by atoms with Gasteiger partial charge in [0.15, 0.2) is 0 Å². The number of hydrogen-bond acceptors (Lipinski definition) is 5. The molecule has 0 fully saturated rings. The van der Waals surface area contributed by atoms with Crippen LogP contribution in [0.15, 0.2) is 48.5 Å². The van der Waals surface area contributed by atoms with Crippen molar-refractivity contribution in [2.24, 2.45) is 0 Å². The van der Waals surface area contributed by atoms with Crippen molar-refractivity contribution < 1.29 is 24.0 Å². The van der Waals surface area contributed by atoms with Crippen LogP contribution in [0.5, 0.6) is 5.75 Å². The van der Waals surface area contributed by atoms with Crippen molar-refractivity contribution in [3.05, 3.63) is 65.2 Å². The maximum Gasteiger partial charge on any atom is 0.526 e. The van der Waals surface area contributed by atoms with Crippen molar-refractivity contribution in [1.29, 1.82) is 0 Å². The summed E-state index contributed by atoms with van der Waals surface area (Å²) in [6.45, 7) is 2.21. The molecule has 146 valence electrons. The summed E-state index contributed by atoms with van der Waals surface area (Å²) in [5.74, 6) is -0.306. The van der Waals surface area contributed by atoms with Crippen molar-refractivity contribution >= 4 is 18.9 Å². The average molecular weight is 380 g/mol. The second kappa shape index (κ2) is 9.56. The topological polar surface area (TPSA) is 72.8 Å². The Morgan fingerprint density at radius 1 is 1.18 bits per heavy atom. The number of para-hydroxylation sites is 1. The van der Waals surface area contributed by atoms with Crippen molar-refractivity contribution in [3.8, 4) is 5.75 Å². The van der Waals surface area contributed by atoms with E-state index in [0.717, 1.165) is 24.0 Å². The maximum absolute atomic E-state index is 12.5. The van der Waals surface area contributed by atoms with E-state index in [0.29, 0.717) is 24.2 Å². The SMILES string of the molecule is CCCCC(=O)C[C@H]1Cc2cccc(C(=O)OCc3ccccc3)c2OB1O. The first-order valence-corrected chi connectivity index (χ1v) is 9.77. The Kier molecular flexibility index (Phi) is 6.88. The molecular formula is C22H25BO5. The lowest BCUT2D eigenvalue weighted by Gasteiger charge is -2.28. The van der Waals surface area contributed by atoms with Gasteiger partial charge in [-0.2, -0.15) is 0 Å². The van der Waals surface area contributed by atoms with Gasteiger partial charge in [0.1, 0.15) is 23.7 Å². The predicted octanol–water partition coefficient (Wildman–Crippen LogP) is 3.98. The van der Waals surface area contributed by atoms with E-state index in [4.69, 9.17) is 9.39 Å². The quantitative estimate of drug-likeness (QED) is 0.554. The first kappa shape index (κ1) is 20.1. The summed E-state index contributed by atoms with van der Waals surface area (Å²) in [5, 5.41) is 10.4. The van der Waals surface area contributed by atoms with Gasteiger partial charge < -0.3 is 14.4 Å². The van der Waals surface area contributed by atoms with Gasteiger partial charge >= 0.3 is 13.1 Å². The van der Waals surface area contributed by atoms with E-state index in [2.05, 4.69) is 0 Å². The molecule has 0 bridgehead atoms. The minimum Gasteiger partial charge on any atom is -0.535 e. The molecule has 3 rings (SSSR count). The number of hydrogen-bond donors (Lipinski definition) is 1. The van der Waals surface area contributed by atoms with Crippen molar-refractivity contribution in [2.75, 3.05) is 0 Å². The third kappa shape index (κ3) is 5.01. The van der Waals surface area contributed by atoms with E-state index in [9.17, 15) is 14.6 Å². The molecule has 0 saturated carbocycles. The first-order chi connectivity index (χ1) is 13.6. The maximum atomic E-state index is 12.5. The highest BCUT2D eigenvalue weighted by Gasteiger charge is 2.37. The second-order valence-corrected chi connectivity index (χ2v) is 7.17. The molecule has 1 N–H and O–H groups in total. The smallest absolute Gasteiger partial charge is 0.526 e. The molecule has 1 atom stereocenters. The Bertz CT molecular complexity index is 821. The number of rotatable bonds is 8. The normalized spacial score (nSPS) is 15.5. The van der Waals surface area contributed by atoms with Crippen LogP contribution in [-0.2, 0) is 22.6 Å². The fourth-order valence-electron chi connectivity index (χ4n) is 3.39. The van der Waals surface area contributed by atoms with E-state index < -0.39 is 13.1 Å². The number of unbranched alkanes of at least 4 members (excludes halogenated alkanes) is 1. The summed E-state index contributed by atoms with van der Waals surface area (Å²) in [6.07, 6.45) is 3.12. The summed E-state index contributed by atoms with van der Waals surface area (Å²) in [7, 11) is -1.11. The van der Waals surface area contributed by atoms with Crippen LogP contribution in [0.3, 0.4) is 0 Å². The number of ketones is 1. The lowest BCUT2D eigenvalue weighted by atomic mass is 9.64. The van der Waals surface area contributed by atoms with Crippen LogP contribution in [0, 0.1) is 0 Å². The number of esters is 1. The zero-order valence-corrected chi connectivity index (χ0v) is 16.1. The van der Waals surface area contributed by atoms with Crippen molar-refractivity contribution in [3.63, 3.8) is 0 Å². The Morgan fingerprint density at radius 3 is 2.71 bits per heavy atom. The molecule has 0 amide bonds. The largest absolute Gasteiger partial charge is 0.535 e. The van der Waals surface area contributed by atoms with Gasteiger partial charge in [-0.05, 0) is 30.0 Å². The Morgan fingerprint density at radius 2 is 1.96 bits per heavy atom. The van der Waals surface area contributed by atoms with Crippen LogP contribution in [-0.4, -0.2) is 23.9 Å². The standard InChI is InChI=1S/C22H25BO5/c1-2-3-11-19(24)14-18-13-17-10-7-12-20(21(17)28-23(18)26)22(25)27-15-16-8-5-4-6-9-16/h4-10,12,18,26H,2-3,11,13-15H2,1H3/t18-/m1/s1. The summed E-state index contributed by atoms with van der Waals surface area (Å²) < 4.78 is 11.1. The molecule has 1 aliphatic heterocycles. The van der Waals surface area contributed by atoms with Crippen LogP contribution in [0.2, 0.25) is 5.82 Å². The average Bonchev–Trinajstić information content (AvgIpc) is 2.71. The first-order valence-electron chi connectivity index (χ1n) is 9.77. The van der Waals surface area contributed by atoms with Gasteiger partial charge in [-0.15, -0.1) is 0 Å². The minimum atomic E-state index is -1.11. The Labute approximate surface area is 165 Å². The van der Waals surface area contributed by atoms with Crippen LogP contribution < -0.4 is 4.65 Å². The third-order valence-electron chi connectivity index (χ3n) is 4.95. The Balaban J connectivity index is 1.68.